The molecule has 4 heterocycles. The van der Waals surface area contributed by atoms with Gasteiger partial charge in [0.25, 0.3) is 0 Å². The van der Waals surface area contributed by atoms with Crippen LogP contribution < -0.4 is 15.5 Å². The molecule has 2 N–H and O–H groups in total. The molecule has 0 unspecified atom stereocenters. The molecule has 5 rings (SSSR count). The van der Waals surface area contributed by atoms with Crippen LogP contribution in [0.2, 0.25) is 0 Å². The maximum absolute atomic E-state index is 5.50. The molecule has 0 atom stereocenters. The molecule has 1 aromatic carbocycles. The molecule has 0 radical (unpaired) electrons. The first kappa shape index (κ1) is 17.9. The number of ether oxygens (including phenoxy) is 1. The number of rotatable bonds is 4. The first-order valence-electron chi connectivity index (χ1n) is 10.0. The summed E-state index contributed by atoms with van der Waals surface area (Å²) in [6, 6.07) is 12.4. The van der Waals surface area contributed by atoms with Crippen LogP contribution in [0.1, 0.15) is 11.3 Å². The summed E-state index contributed by atoms with van der Waals surface area (Å²) >= 11 is 0. The van der Waals surface area contributed by atoms with Crippen molar-refractivity contribution in [2.24, 2.45) is 0 Å². The number of benzene rings is 1. The number of fused-ring (bicyclic) bond motifs is 1. The highest BCUT2D eigenvalue weighted by Gasteiger charge is 2.18. The maximum atomic E-state index is 5.50. The Bertz CT molecular complexity index is 1010. The van der Waals surface area contributed by atoms with E-state index in [9.17, 15) is 0 Å². The van der Waals surface area contributed by atoms with E-state index >= 15 is 0 Å². The molecule has 0 bridgehead atoms. The van der Waals surface area contributed by atoms with Gasteiger partial charge in [0.15, 0.2) is 0 Å². The lowest BCUT2D eigenvalue weighted by molar-refractivity contribution is 0.122. The van der Waals surface area contributed by atoms with Gasteiger partial charge in [-0.3, -0.25) is 4.98 Å². The zero-order valence-corrected chi connectivity index (χ0v) is 16.5. The van der Waals surface area contributed by atoms with Crippen LogP contribution in [-0.2, 0) is 11.2 Å². The Labute approximate surface area is 170 Å². The van der Waals surface area contributed by atoms with E-state index in [0.29, 0.717) is 13.2 Å². The molecule has 1 fully saturated rings. The number of nitrogens with one attached hydrogen (secondary N) is 2. The second-order valence-corrected chi connectivity index (χ2v) is 7.36. The molecule has 0 saturated carbocycles. The van der Waals surface area contributed by atoms with Crippen molar-refractivity contribution in [1.82, 2.24) is 15.0 Å². The quantitative estimate of drug-likeness (QED) is 0.709. The lowest BCUT2D eigenvalue weighted by Crippen LogP contribution is -2.37. The summed E-state index contributed by atoms with van der Waals surface area (Å²) in [6.07, 6.45) is 2.88. The van der Waals surface area contributed by atoms with Crippen molar-refractivity contribution in [3.05, 3.63) is 53.9 Å². The molecule has 2 aliphatic rings. The predicted octanol–water partition coefficient (Wildman–Crippen LogP) is 3.40. The van der Waals surface area contributed by atoms with E-state index in [-0.39, 0.29) is 0 Å². The maximum Gasteiger partial charge on any atom is 0.228 e. The van der Waals surface area contributed by atoms with Crippen molar-refractivity contribution in [1.29, 1.82) is 0 Å². The summed E-state index contributed by atoms with van der Waals surface area (Å²) in [4.78, 5) is 16.3. The number of hydrogen-bond acceptors (Lipinski definition) is 7. The van der Waals surface area contributed by atoms with Gasteiger partial charge in [-0.15, -0.1) is 0 Å². The van der Waals surface area contributed by atoms with Crippen molar-refractivity contribution in [2.75, 3.05) is 48.4 Å². The highest BCUT2D eigenvalue weighted by atomic mass is 16.5. The second-order valence-electron chi connectivity index (χ2n) is 7.36. The zero-order valence-electron chi connectivity index (χ0n) is 16.5. The van der Waals surface area contributed by atoms with Crippen LogP contribution >= 0.6 is 0 Å². The van der Waals surface area contributed by atoms with E-state index in [1.807, 2.05) is 25.3 Å². The highest BCUT2D eigenvalue weighted by Crippen LogP contribution is 2.32. The number of aryl methyl sites for hydroxylation is 1. The Hall–Kier alpha value is -3.19. The van der Waals surface area contributed by atoms with Gasteiger partial charge < -0.3 is 20.3 Å². The lowest BCUT2D eigenvalue weighted by Gasteiger charge is -2.27. The van der Waals surface area contributed by atoms with Crippen molar-refractivity contribution in [3.8, 4) is 11.3 Å². The van der Waals surface area contributed by atoms with Gasteiger partial charge in [0, 0.05) is 60.1 Å². The molecule has 3 aromatic rings. The van der Waals surface area contributed by atoms with Gasteiger partial charge in [-0.25, -0.2) is 4.98 Å². The van der Waals surface area contributed by atoms with Crippen LogP contribution in [0.5, 0.6) is 0 Å². The molecule has 2 aliphatic heterocycles. The number of pyridine rings is 1. The smallest absolute Gasteiger partial charge is 0.228 e. The summed E-state index contributed by atoms with van der Waals surface area (Å²) < 4.78 is 5.50. The number of aromatic nitrogens is 3. The molecule has 29 heavy (non-hydrogen) atoms. The van der Waals surface area contributed by atoms with Crippen LogP contribution in [0, 0.1) is 6.92 Å². The van der Waals surface area contributed by atoms with Crippen LogP contribution in [0.3, 0.4) is 0 Å². The Morgan fingerprint density at radius 1 is 1.10 bits per heavy atom. The lowest BCUT2D eigenvalue weighted by atomic mass is 10.1. The normalized spacial score (nSPS) is 15.7. The molecule has 148 valence electrons. The third kappa shape index (κ3) is 3.73. The van der Waals surface area contributed by atoms with Gasteiger partial charge >= 0.3 is 0 Å². The summed E-state index contributed by atoms with van der Waals surface area (Å²) in [5, 5.41) is 6.96. The van der Waals surface area contributed by atoms with Crippen LogP contribution in [0.15, 0.2) is 42.6 Å². The van der Waals surface area contributed by atoms with E-state index in [1.54, 1.807) is 0 Å². The van der Waals surface area contributed by atoms with Crippen LogP contribution in [-0.4, -0.2) is 47.8 Å². The fourth-order valence-corrected chi connectivity index (χ4v) is 3.77. The van der Waals surface area contributed by atoms with Gasteiger partial charge in [0.1, 0.15) is 5.82 Å². The summed E-state index contributed by atoms with van der Waals surface area (Å²) in [6.45, 7) is 5.93. The van der Waals surface area contributed by atoms with E-state index in [1.165, 1.54) is 11.3 Å². The molecule has 7 nitrogen and oxygen atoms in total. The SMILES string of the molecule is Cc1ccc(-c2cc(Nc3cccc4c3CCN4)nc(N3CCOCC3)n2)cn1. The number of hydrogen-bond donors (Lipinski definition) is 2. The molecule has 0 spiro atoms. The summed E-state index contributed by atoms with van der Waals surface area (Å²) in [5.41, 5.74) is 6.42. The Morgan fingerprint density at radius 2 is 2.00 bits per heavy atom. The number of nitrogens with zero attached hydrogens (tertiary/aromatic N) is 4. The Balaban J connectivity index is 1.54. The standard InChI is InChI=1S/C22H24N6O/c1-15-5-6-16(14-24-15)20-13-21(27-22(26-20)28-9-11-29-12-10-28)25-19-4-2-3-18-17(19)7-8-23-18/h2-6,13-14,23H,7-12H2,1H3,(H,25,26,27). The van der Waals surface area contributed by atoms with Crippen molar-refractivity contribution in [3.63, 3.8) is 0 Å². The van der Waals surface area contributed by atoms with E-state index in [2.05, 4.69) is 44.8 Å². The van der Waals surface area contributed by atoms with Gasteiger partial charge in [-0.2, -0.15) is 4.98 Å². The minimum atomic E-state index is 0.695. The third-order valence-corrected chi connectivity index (χ3v) is 5.34. The average Bonchev–Trinajstić information content (AvgIpc) is 3.25. The molecule has 1 saturated heterocycles. The van der Waals surface area contributed by atoms with Gasteiger partial charge in [-0.05, 0) is 37.6 Å². The fourth-order valence-electron chi connectivity index (χ4n) is 3.77. The van der Waals surface area contributed by atoms with Crippen LogP contribution in [0.4, 0.5) is 23.1 Å². The highest BCUT2D eigenvalue weighted by molar-refractivity contribution is 5.74. The monoisotopic (exact) mass is 388 g/mol. The van der Waals surface area contributed by atoms with E-state index in [0.717, 1.165) is 60.5 Å². The minimum absolute atomic E-state index is 0.695. The minimum Gasteiger partial charge on any atom is -0.384 e. The molecular weight excluding hydrogens is 364 g/mol. The first-order valence-corrected chi connectivity index (χ1v) is 10.0. The molecular formula is C22H24N6O. The largest absolute Gasteiger partial charge is 0.384 e. The van der Waals surface area contributed by atoms with Crippen molar-refractivity contribution < 1.29 is 4.74 Å². The first-order chi connectivity index (χ1) is 14.3. The van der Waals surface area contributed by atoms with Crippen molar-refractivity contribution in [2.45, 2.75) is 13.3 Å². The van der Waals surface area contributed by atoms with E-state index in [4.69, 9.17) is 14.7 Å². The molecule has 0 aliphatic carbocycles. The zero-order chi connectivity index (χ0) is 19.6. The molecule has 2 aromatic heterocycles. The third-order valence-electron chi connectivity index (χ3n) is 5.34. The molecule has 0 amide bonds. The van der Waals surface area contributed by atoms with Gasteiger partial charge in [0.2, 0.25) is 5.95 Å². The van der Waals surface area contributed by atoms with E-state index < -0.39 is 0 Å². The second kappa shape index (κ2) is 7.67. The fraction of sp³-hybridized carbons (Fsp3) is 0.318. The topological polar surface area (TPSA) is 75.2 Å². The Morgan fingerprint density at radius 3 is 2.83 bits per heavy atom. The van der Waals surface area contributed by atoms with Gasteiger partial charge in [0.05, 0.1) is 18.9 Å². The summed E-state index contributed by atoms with van der Waals surface area (Å²) in [7, 11) is 0. The van der Waals surface area contributed by atoms with Gasteiger partial charge in [-0.1, -0.05) is 6.07 Å². The Kier molecular flexibility index (Phi) is 4.73. The van der Waals surface area contributed by atoms with Crippen molar-refractivity contribution >= 4 is 23.1 Å². The summed E-state index contributed by atoms with van der Waals surface area (Å²) in [5.74, 6) is 1.51. The number of morpholine rings is 1. The predicted molar refractivity (Wildman–Crippen MR) is 115 cm³/mol. The average molecular weight is 388 g/mol. The van der Waals surface area contributed by atoms with Crippen LogP contribution in [0.25, 0.3) is 11.3 Å². The number of anilines is 4. The molecule has 7 heteroatoms.